The summed E-state index contributed by atoms with van der Waals surface area (Å²) in [6.07, 6.45) is 1.07. The van der Waals surface area contributed by atoms with Crippen LogP contribution in [0.4, 0.5) is 0 Å². The third kappa shape index (κ3) is 3.05. The molecule has 1 aromatic rings. The highest BCUT2D eigenvalue weighted by molar-refractivity contribution is 5.76. The predicted molar refractivity (Wildman–Crippen MR) is 63.6 cm³/mol. The first kappa shape index (κ1) is 12.1. The minimum Gasteiger partial charge on any atom is -0.395 e. The van der Waals surface area contributed by atoms with Crippen LogP contribution >= 0.6 is 0 Å². The Bertz CT molecular complexity index is 392. The highest BCUT2D eigenvalue weighted by Gasteiger charge is 2.22. The maximum absolute atomic E-state index is 11.6. The van der Waals surface area contributed by atoms with Gasteiger partial charge in [0.15, 0.2) is 0 Å². The van der Waals surface area contributed by atoms with Crippen LogP contribution in [0.5, 0.6) is 0 Å². The smallest absolute Gasteiger partial charge is 0.223 e. The van der Waals surface area contributed by atoms with E-state index in [0.29, 0.717) is 19.6 Å². The van der Waals surface area contributed by atoms with Crippen LogP contribution in [0.2, 0.25) is 0 Å². The van der Waals surface area contributed by atoms with Crippen molar-refractivity contribution in [2.75, 3.05) is 19.8 Å². The number of hydrogen-bond donors (Lipinski definition) is 2. The number of carbonyl (C=O) groups excluding carboxylic acids is 1. The lowest BCUT2D eigenvalue weighted by Crippen LogP contribution is -2.29. The summed E-state index contributed by atoms with van der Waals surface area (Å²) in [5.74, 6) is -0.0826. The lowest BCUT2D eigenvalue weighted by molar-refractivity contribution is -0.124. The van der Waals surface area contributed by atoms with E-state index in [2.05, 4.69) is 11.4 Å². The number of amides is 1. The van der Waals surface area contributed by atoms with Crippen LogP contribution in [0.1, 0.15) is 23.7 Å². The molecule has 0 aromatic heterocycles. The van der Waals surface area contributed by atoms with Gasteiger partial charge in [-0.25, -0.2) is 0 Å². The van der Waals surface area contributed by atoms with Gasteiger partial charge >= 0.3 is 0 Å². The molecule has 1 aliphatic rings. The molecule has 17 heavy (non-hydrogen) atoms. The Labute approximate surface area is 101 Å². The van der Waals surface area contributed by atoms with Gasteiger partial charge < -0.3 is 15.2 Å². The summed E-state index contributed by atoms with van der Waals surface area (Å²) in [7, 11) is 0. The quantitative estimate of drug-likeness (QED) is 0.811. The Morgan fingerprint density at radius 3 is 3.12 bits per heavy atom. The highest BCUT2D eigenvalue weighted by Crippen LogP contribution is 2.29. The van der Waals surface area contributed by atoms with Gasteiger partial charge in [0.1, 0.15) is 0 Å². The minimum atomic E-state index is -0.154. The van der Waals surface area contributed by atoms with Gasteiger partial charge in [0.2, 0.25) is 5.91 Å². The fourth-order valence-corrected chi connectivity index (χ4v) is 2.08. The van der Waals surface area contributed by atoms with Gasteiger partial charge in [0.05, 0.1) is 25.7 Å². The van der Waals surface area contributed by atoms with Crippen molar-refractivity contribution in [1.82, 2.24) is 5.32 Å². The standard InChI is InChI=1S/C13H17NO3/c15-7-6-14-13(16)9-12-11-4-2-1-3-10(11)5-8-17-12/h1-4,12,15H,5-9H2,(H,14,16). The van der Waals surface area contributed by atoms with E-state index in [1.807, 2.05) is 18.2 Å². The van der Waals surface area contributed by atoms with E-state index in [0.717, 1.165) is 12.0 Å². The summed E-state index contributed by atoms with van der Waals surface area (Å²) in [6, 6.07) is 8.06. The largest absolute Gasteiger partial charge is 0.395 e. The average molecular weight is 235 g/mol. The predicted octanol–water partition coefficient (Wildman–Crippen LogP) is 0.799. The van der Waals surface area contributed by atoms with E-state index in [-0.39, 0.29) is 18.6 Å². The van der Waals surface area contributed by atoms with Crippen molar-refractivity contribution in [2.24, 2.45) is 0 Å². The molecule has 4 heteroatoms. The average Bonchev–Trinajstić information content (AvgIpc) is 2.37. The fraction of sp³-hybridized carbons (Fsp3) is 0.462. The Kier molecular flexibility index (Phi) is 4.12. The molecule has 0 saturated heterocycles. The molecule has 1 unspecified atom stereocenters. The van der Waals surface area contributed by atoms with Gasteiger partial charge in [-0.1, -0.05) is 24.3 Å². The molecule has 2 N–H and O–H groups in total. The van der Waals surface area contributed by atoms with E-state index >= 15 is 0 Å². The maximum atomic E-state index is 11.6. The Hall–Kier alpha value is -1.39. The second kappa shape index (κ2) is 5.80. The third-order valence-corrected chi connectivity index (χ3v) is 2.90. The summed E-state index contributed by atoms with van der Waals surface area (Å²) >= 11 is 0. The molecule has 4 nitrogen and oxygen atoms in total. The van der Waals surface area contributed by atoms with Crippen LogP contribution in [0.25, 0.3) is 0 Å². The lowest BCUT2D eigenvalue weighted by Gasteiger charge is -2.25. The first-order chi connectivity index (χ1) is 8.31. The molecule has 0 aliphatic carbocycles. The normalized spacial score (nSPS) is 18.5. The molecule has 0 fully saturated rings. The van der Waals surface area contributed by atoms with Crippen molar-refractivity contribution in [1.29, 1.82) is 0 Å². The van der Waals surface area contributed by atoms with Crippen molar-refractivity contribution in [3.05, 3.63) is 35.4 Å². The molecule has 0 saturated carbocycles. The number of rotatable bonds is 4. The van der Waals surface area contributed by atoms with Crippen LogP contribution in [0, 0.1) is 0 Å². The molecule has 1 heterocycles. The van der Waals surface area contributed by atoms with Crippen molar-refractivity contribution in [2.45, 2.75) is 18.9 Å². The molecular weight excluding hydrogens is 218 g/mol. The zero-order valence-corrected chi connectivity index (χ0v) is 9.69. The van der Waals surface area contributed by atoms with Gasteiger partial charge in [-0.15, -0.1) is 0 Å². The van der Waals surface area contributed by atoms with Crippen molar-refractivity contribution in [3.63, 3.8) is 0 Å². The van der Waals surface area contributed by atoms with Crippen molar-refractivity contribution < 1.29 is 14.6 Å². The number of nitrogens with one attached hydrogen (secondary N) is 1. The summed E-state index contributed by atoms with van der Waals surface area (Å²) in [5, 5.41) is 11.3. The zero-order chi connectivity index (χ0) is 12.1. The highest BCUT2D eigenvalue weighted by atomic mass is 16.5. The van der Waals surface area contributed by atoms with Crippen LogP contribution in [-0.2, 0) is 16.0 Å². The Morgan fingerprint density at radius 2 is 2.29 bits per heavy atom. The van der Waals surface area contributed by atoms with Crippen LogP contribution < -0.4 is 5.32 Å². The molecule has 0 radical (unpaired) electrons. The van der Waals surface area contributed by atoms with Gasteiger partial charge in [-0.2, -0.15) is 0 Å². The number of ether oxygens (including phenoxy) is 1. The number of benzene rings is 1. The fourth-order valence-electron chi connectivity index (χ4n) is 2.08. The SMILES string of the molecule is O=C(CC1OCCc2ccccc21)NCCO. The minimum absolute atomic E-state index is 0.0339. The molecule has 0 spiro atoms. The molecule has 92 valence electrons. The number of carbonyl (C=O) groups is 1. The van der Waals surface area contributed by atoms with E-state index in [9.17, 15) is 4.79 Å². The summed E-state index contributed by atoms with van der Waals surface area (Å²) in [5.41, 5.74) is 2.37. The maximum Gasteiger partial charge on any atom is 0.223 e. The second-order valence-electron chi connectivity index (χ2n) is 4.09. The topological polar surface area (TPSA) is 58.6 Å². The van der Waals surface area contributed by atoms with Crippen LogP contribution in [0.3, 0.4) is 0 Å². The molecule has 1 aromatic carbocycles. The zero-order valence-electron chi connectivity index (χ0n) is 9.69. The van der Waals surface area contributed by atoms with E-state index in [1.54, 1.807) is 0 Å². The Morgan fingerprint density at radius 1 is 1.47 bits per heavy atom. The van der Waals surface area contributed by atoms with Gasteiger partial charge in [0, 0.05) is 6.54 Å². The van der Waals surface area contributed by atoms with Crippen molar-refractivity contribution in [3.8, 4) is 0 Å². The van der Waals surface area contributed by atoms with E-state index < -0.39 is 0 Å². The Balaban J connectivity index is 2.01. The summed E-state index contributed by atoms with van der Waals surface area (Å²) in [4.78, 5) is 11.6. The lowest BCUT2D eigenvalue weighted by atomic mass is 9.96. The van der Waals surface area contributed by atoms with Gasteiger partial charge in [-0.3, -0.25) is 4.79 Å². The number of aliphatic hydroxyl groups excluding tert-OH is 1. The van der Waals surface area contributed by atoms with Gasteiger partial charge in [0.25, 0.3) is 0 Å². The molecule has 0 bridgehead atoms. The molecule has 1 amide bonds. The van der Waals surface area contributed by atoms with E-state index in [4.69, 9.17) is 9.84 Å². The molecule has 2 rings (SSSR count). The number of aliphatic hydroxyl groups is 1. The molecule has 1 aliphatic heterocycles. The molecular formula is C13H17NO3. The summed E-state index contributed by atoms with van der Waals surface area (Å²) < 4.78 is 5.63. The van der Waals surface area contributed by atoms with Gasteiger partial charge in [-0.05, 0) is 17.5 Å². The van der Waals surface area contributed by atoms with Crippen LogP contribution in [0.15, 0.2) is 24.3 Å². The second-order valence-corrected chi connectivity index (χ2v) is 4.09. The molecule has 1 atom stereocenters. The number of hydrogen-bond acceptors (Lipinski definition) is 3. The first-order valence-corrected chi connectivity index (χ1v) is 5.88. The van der Waals surface area contributed by atoms with E-state index in [1.165, 1.54) is 5.56 Å². The van der Waals surface area contributed by atoms with Crippen molar-refractivity contribution >= 4 is 5.91 Å². The number of fused-ring (bicyclic) bond motifs is 1. The van der Waals surface area contributed by atoms with Crippen LogP contribution in [-0.4, -0.2) is 30.8 Å². The summed E-state index contributed by atoms with van der Waals surface area (Å²) in [6.45, 7) is 0.927. The first-order valence-electron chi connectivity index (χ1n) is 5.88. The monoisotopic (exact) mass is 235 g/mol. The third-order valence-electron chi connectivity index (χ3n) is 2.90.